The highest BCUT2D eigenvalue weighted by atomic mass is 15.0. The summed E-state index contributed by atoms with van der Waals surface area (Å²) in [6, 6.07) is 55.3. The smallest absolute Gasteiger partial charge is 0.161 e. The van der Waals surface area contributed by atoms with E-state index in [1.54, 1.807) is 0 Å². The molecule has 0 spiro atoms. The van der Waals surface area contributed by atoms with Crippen LogP contribution in [0.3, 0.4) is 0 Å². The number of nitrogens with zero attached hydrogens (tertiary/aromatic N) is 3. The second-order valence-corrected chi connectivity index (χ2v) is 15.2. The van der Waals surface area contributed by atoms with Crippen molar-refractivity contribution >= 4 is 47.0 Å². The van der Waals surface area contributed by atoms with Crippen molar-refractivity contribution in [3.8, 4) is 33.4 Å². The normalized spacial score (nSPS) is 14.5. The van der Waals surface area contributed by atoms with Crippen LogP contribution in [0.4, 0.5) is 0 Å². The van der Waals surface area contributed by atoms with Crippen LogP contribution < -0.4 is 5.32 Å². The van der Waals surface area contributed by atoms with Crippen molar-refractivity contribution < 1.29 is 0 Å². The molecule has 1 N–H and O–H groups in total. The Morgan fingerprint density at radius 3 is 1.94 bits per heavy atom. The quantitative estimate of drug-likeness (QED) is 0.103. The number of fused-ring (bicyclic) bond motifs is 1. The van der Waals surface area contributed by atoms with Gasteiger partial charge in [-0.05, 0) is 129 Å². The molecule has 0 atom stereocenters. The van der Waals surface area contributed by atoms with E-state index in [4.69, 9.17) is 9.98 Å². The maximum Gasteiger partial charge on any atom is 0.161 e. The van der Waals surface area contributed by atoms with Crippen LogP contribution in [0.15, 0.2) is 215 Å². The standard InChI is InChI=1S/C58H50N4/c1-6-41-20-15-16-27-52(41)56(59-4)44-32-30-43(31-33-44)49-34-40(39-61-58(46-23-13-10-14-24-46)62-57(60-5)45-21-11-9-12-22-45)35-50(37-49)47-25-19-26-48(36-47)55-38-42(7-2)51(8-3)53-28-17-18-29-54(53)55/h6-14,16-19,21-38,59H,2-3,5,15,20,39H2,1,4H3/b41-6-,56-52-,61-58?,62-57?. The van der Waals surface area contributed by atoms with Crippen molar-refractivity contribution in [1.82, 2.24) is 5.32 Å². The molecule has 0 aromatic heterocycles. The number of hydrogen-bond donors (Lipinski definition) is 1. The van der Waals surface area contributed by atoms with Crippen LogP contribution in [0.5, 0.6) is 0 Å². The van der Waals surface area contributed by atoms with Gasteiger partial charge in [-0.2, -0.15) is 0 Å². The molecule has 0 bridgehead atoms. The molecule has 4 nitrogen and oxygen atoms in total. The van der Waals surface area contributed by atoms with E-state index >= 15 is 0 Å². The van der Waals surface area contributed by atoms with Crippen molar-refractivity contribution in [2.75, 3.05) is 7.05 Å². The third-order valence-corrected chi connectivity index (χ3v) is 11.5. The molecule has 0 radical (unpaired) electrons. The fourth-order valence-corrected chi connectivity index (χ4v) is 8.35. The number of hydrogen-bond acceptors (Lipinski definition) is 2. The average Bonchev–Trinajstić information content (AvgIpc) is 3.34. The van der Waals surface area contributed by atoms with Crippen molar-refractivity contribution in [3.05, 3.63) is 234 Å². The van der Waals surface area contributed by atoms with Crippen LogP contribution in [0.2, 0.25) is 0 Å². The Labute approximate surface area is 366 Å². The number of amidine groups is 2. The third kappa shape index (κ3) is 8.77. The summed E-state index contributed by atoms with van der Waals surface area (Å²) in [5.41, 5.74) is 16.6. The zero-order valence-corrected chi connectivity index (χ0v) is 35.5. The van der Waals surface area contributed by atoms with Gasteiger partial charge < -0.3 is 5.32 Å². The van der Waals surface area contributed by atoms with Crippen LogP contribution >= 0.6 is 0 Å². The molecule has 0 saturated carbocycles. The first-order valence-electron chi connectivity index (χ1n) is 21.1. The highest BCUT2D eigenvalue weighted by Crippen LogP contribution is 2.38. The molecule has 0 amide bonds. The predicted molar refractivity (Wildman–Crippen MR) is 268 cm³/mol. The van der Waals surface area contributed by atoms with Gasteiger partial charge in [-0.1, -0.05) is 171 Å². The summed E-state index contributed by atoms with van der Waals surface area (Å²) in [6.45, 7) is 14.7. The minimum Gasteiger partial charge on any atom is -0.387 e. The highest BCUT2D eigenvalue weighted by Gasteiger charge is 2.16. The molecule has 302 valence electrons. The second-order valence-electron chi connectivity index (χ2n) is 15.2. The van der Waals surface area contributed by atoms with Gasteiger partial charge in [0.25, 0.3) is 0 Å². The zero-order valence-electron chi connectivity index (χ0n) is 35.5. The molecule has 0 saturated heterocycles. The molecular formula is C58H50N4. The van der Waals surface area contributed by atoms with Gasteiger partial charge in [0.1, 0.15) is 0 Å². The molecule has 8 rings (SSSR count). The lowest BCUT2D eigenvalue weighted by atomic mass is 9.89. The van der Waals surface area contributed by atoms with Crippen LogP contribution in [0.25, 0.3) is 62.0 Å². The predicted octanol–water partition coefficient (Wildman–Crippen LogP) is 14.4. The zero-order chi connectivity index (χ0) is 42.8. The Kier molecular flexibility index (Phi) is 12.7. The third-order valence-electron chi connectivity index (χ3n) is 11.5. The monoisotopic (exact) mass is 802 g/mol. The maximum atomic E-state index is 5.19. The van der Waals surface area contributed by atoms with Crippen molar-refractivity contribution in [1.29, 1.82) is 0 Å². The molecule has 1 aliphatic rings. The lowest BCUT2D eigenvalue weighted by Gasteiger charge is -2.19. The van der Waals surface area contributed by atoms with Gasteiger partial charge in [-0.15, -0.1) is 0 Å². The molecule has 0 fully saturated rings. The average molecular weight is 803 g/mol. The molecule has 0 unspecified atom stereocenters. The molecule has 1 aliphatic carbocycles. The Bertz CT molecular complexity index is 2940. The molecule has 62 heavy (non-hydrogen) atoms. The Balaban J connectivity index is 1.26. The number of allylic oxidation sites excluding steroid dienone is 5. The van der Waals surface area contributed by atoms with E-state index in [0.717, 1.165) is 90.7 Å². The number of rotatable bonds is 11. The first-order valence-corrected chi connectivity index (χ1v) is 21.1. The first-order chi connectivity index (χ1) is 30.5. The SMILES string of the molecule is C=Cc1cc(-c2cccc(-c3cc(CN=C(N=C(N=C)c4ccccc4)c4ccccc4)cc(-c4ccc(/C(NC)=C5\C=CCC\C5=C\C)cc4)c3)c2)c2ccccc2c1C=C. The Hall–Kier alpha value is -7.69. The van der Waals surface area contributed by atoms with Gasteiger partial charge >= 0.3 is 0 Å². The van der Waals surface area contributed by atoms with Crippen LogP contribution in [0, 0.1) is 0 Å². The van der Waals surface area contributed by atoms with E-state index in [1.807, 2.05) is 79.9 Å². The van der Waals surface area contributed by atoms with E-state index in [0.29, 0.717) is 18.2 Å². The van der Waals surface area contributed by atoms with E-state index in [1.165, 1.54) is 16.5 Å². The number of benzene rings is 7. The van der Waals surface area contributed by atoms with Gasteiger partial charge in [0.2, 0.25) is 0 Å². The van der Waals surface area contributed by atoms with Gasteiger partial charge in [0.05, 0.1) is 6.54 Å². The summed E-state index contributed by atoms with van der Waals surface area (Å²) in [5.74, 6) is 1.11. The van der Waals surface area contributed by atoms with Crippen LogP contribution in [-0.4, -0.2) is 25.4 Å². The van der Waals surface area contributed by atoms with Gasteiger partial charge in [0.15, 0.2) is 11.7 Å². The summed E-state index contributed by atoms with van der Waals surface area (Å²) in [7, 11) is 2.01. The number of nitrogens with one attached hydrogen (secondary N) is 1. The Morgan fingerprint density at radius 1 is 0.629 bits per heavy atom. The van der Waals surface area contributed by atoms with Crippen molar-refractivity contribution in [2.45, 2.75) is 26.3 Å². The topological polar surface area (TPSA) is 49.1 Å². The molecule has 7 aromatic rings. The van der Waals surface area contributed by atoms with E-state index in [9.17, 15) is 0 Å². The highest BCUT2D eigenvalue weighted by molar-refractivity contribution is 6.12. The lowest BCUT2D eigenvalue weighted by molar-refractivity contribution is 0.956. The Morgan fingerprint density at radius 2 is 1.27 bits per heavy atom. The minimum absolute atomic E-state index is 0.399. The fourth-order valence-electron chi connectivity index (χ4n) is 8.35. The molecule has 0 aliphatic heterocycles. The first kappa shape index (κ1) is 41.1. The van der Waals surface area contributed by atoms with Crippen molar-refractivity contribution in [2.24, 2.45) is 15.0 Å². The number of aliphatic imine (C=N–C) groups is 3. The molecule has 7 aromatic carbocycles. The van der Waals surface area contributed by atoms with Crippen LogP contribution in [0.1, 0.15) is 53.1 Å². The van der Waals surface area contributed by atoms with Crippen LogP contribution in [-0.2, 0) is 6.54 Å². The van der Waals surface area contributed by atoms with Gasteiger partial charge in [-0.3, -0.25) is 4.99 Å². The molecule has 0 heterocycles. The molecular weight excluding hydrogens is 753 g/mol. The maximum absolute atomic E-state index is 5.19. The lowest BCUT2D eigenvalue weighted by Crippen LogP contribution is -2.10. The van der Waals surface area contributed by atoms with Crippen molar-refractivity contribution in [3.63, 3.8) is 0 Å². The van der Waals surface area contributed by atoms with Gasteiger partial charge in [0, 0.05) is 29.4 Å². The summed E-state index contributed by atoms with van der Waals surface area (Å²) in [4.78, 5) is 14.5. The summed E-state index contributed by atoms with van der Waals surface area (Å²) in [5, 5.41) is 5.83. The van der Waals surface area contributed by atoms with E-state index in [2.05, 4.69) is 152 Å². The minimum atomic E-state index is 0.399. The summed E-state index contributed by atoms with van der Waals surface area (Å²) >= 11 is 0. The summed E-state index contributed by atoms with van der Waals surface area (Å²) in [6.07, 6.45) is 12.7. The molecule has 4 heteroatoms. The fraction of sp³-hybridized carbons (Fsp3) is 0.0862. The largest absolute Gasteiger partial charge is 0.387 e. The summed E-state index contributed by atoms with van der Waals surface area (Å²) < 4.78 is 0. The van der Waals surface area contributed by atoms with Gasteiger partial charge in [-0.25, -0.2) is 9.98 Å². The van der Waals surface area contributed by atoms with E-state index < -0.39 is 0 Å². The van der Waals surface area contributed by atoms with E-state index in [-0.39, 0.29) is 0 Å². The second kappa shape index (κ2) is 19.1.